The highest BCUT2D eigenvalue weighted by molar-refractivity contribution is 7.80. The molecular formula is C27H46N3O3PS. The van der Waals surface area contributed by atoms with Crippen molar-refractivity contribution in [3.8, 4) is 0 Å². The van der Waals surface area contributed by atoms with Crippen molar-refractivity contribution in [1.29, 1.82) is 0 Å². The third-order valence-corrected chi connectivity index (χ3v) is 9.45. The molecule has 2 aliphatic rings. The van der Waals surface area contributed by atoms with E-state index in [9.17, 15) is 4.57 Å². The van der Waals surface area contributed by atoms with E-state index >= 15 is 0 Å². The summed E-state index contributed by atoms with van der Waals surface area (Å²) in [4.78, 5) is 0. The molecule has 2 fully saturated rings. The maximum atomic E-state index is 14.0. The van der Waals surface area contributed by atoms with E-state index < -0.39 is 7.75 Å². The van der Waals surface area contributed by atoms with E-state index in [1.807, 2.05) is 30.3 Å². The third-order valence-electron chi connectivity index (χ3n) is 7.71. The summed E-state index contributed by atoms with van der Waals surface area (Å²) in [6.45, 7) is 13.8. The minimum absolute atomic E-state index is 0.0877. The smallest absolute Gasteiger partial charge is 0.332 e. The number of hydrazine groups is 1. The van der Waals surface area contributed by atoms with Gasteiger partial charge >= 0.3 is 7.75 Å². The zero-order chi connectivity index (χ0) is 25.7. The van der Waals surface area contributed by atoms with E-state index in [4.69, 9.17) is 21.3 Å². The summed E-state index contributed by atoms with van der Waals surface area (Å²) in [5, 5.41) is 6.26. The highest BCUT2D eigenvalue weighted by atomic mass is 32.1. The first-order valence-corrected chi connectivity index (χ1v) is 15.2. The second kappa shape index (κ2) is 12.0. The lowest BCUT2D eigenvalue weighted by molar-refractivity contribution is 0.0377. The Labute approximate surface area is 218 Å². The van der Waals surface area contributed by atoms with Gasteiger partial charge in [-0.2, -0.15) is 0 Å². The Morgan fingerprint density at radius 2 is 1.23 bits per heavy atom. The van der Waals surface area contributed by atoms with E-state index in [2.05, 4.69) is 57.5 Å². The number of anilines is 1. The topological polar surface area (TPSA) is 71.6 Å². The predicted molar refractivity (Wildman–Crippen MR) is 149 cm³/mol. The Hall–Kier alpha value is -0.980. The maximum Gasteiger partial charge on any atom is 0.423 e. The highest BCUT2D eigenvalue weighted by Gasteiger charge is 2.38. The minimum atomic E-state index is -3.62. The Balaban J connectivity index is 1.61. The molecule has 2 saturated carbocycles. The monoisotopic (exact) mass is 523 g/mol. The van der Waals surface area contributed by atoms with Crippen molar-refractivity contribution in [2.24, 2.45) is 22.7 Å². The van der Waals surface area contributed by atoms with Gasteiger partial charge in [0, 0.05) is 5.69 Å². The molecule has 0 heterocycles. The average Bonchev–Trinajstić information content (AvgIpc) is 2.78. The number of thiocarbonyl (C=S) groups is 1. The standard InChI is InChI=1S/C27H46N3O3PS/c1-26(2,3)20-12-16-23(17-13-20)32-34(31,30-29-25(35)28-22-10-8-7-9-11-22)33-24-18-14-21(15-19-24)27(4,5)6/h7-11,20-21,23-24H,12-19H2,1-6H3,(H,30,31)(H2,28,29,35). The fraction of sp³-hybridized carbons (Fsp3) is 0.741. The molecule has 35 heavy (non-hydrogen) atoms. The molecule has 8 heteroatoms. The lowest BCUT2D eigenvalue weighted by Crippen LogP contribution is -2.41. The normalized spacial score (nSPS) is 27.6. The molecule has 0 bridgehead atoms. The zero-order valence-electron chi connectivity index (χ0n) is 22.4. The molecule has 0 aromatic heterocycles. The number of nitrogens with one attached hydrogen (secondary N) is 3. The van der Waals surface area contributed by atoms with Crippen LogP contribution < -0.4 is 15.9 Å². The van der Waals surface area contributed by atoms with Crippen molar-refractivity contribution in [3.05, 3.63) is 30.3 Å². The van der Waals surface area contributed by atoms with Gasteiger partial charge in [0.1, 0.15) is 0 Å². The van der Waals surface area contributed by atoms with Crippen molar-refractivity contribution < 1.29 is 13.6 Å². The molecule has 1 aromatic carbocycles. The number of rotatable bonds is 7. The summed E-state index contributed by atoms with van der Waals surface area (Å²) in [5.74, 6) is 1.31. The molecule has 0 aliphatic heterocycles. The Kier molecular flexibility index (Phi) is 9.84. The summed E-state index contributed by atoms with van der Waals surface area (Å²) in [6.07, 6.45) is 7.68. The van der Waals surface area contributed by atoms with Crippen LogP contribution >= 0.6 is 20.0 Å². The van der Waals surface area contributed by atoms with Crippen molar-refractivity contribution in [2.75, 3.05) is 5.32 Å². The SMILES string of the molecule is CC(C)(C)C1CCC(OP(=O)(NNC(=S)Nc2ccccc2)OC2CCC(C(C)(C)C)CC2)CC1. The predicted octanol–water partition coefficient (Wildman–Crippen LogP) is 7.83. The van der Waals surface area contributed by atoms with E-state index in [-0.39, 0.29) is 23.0 Å². The van der Waals surface area contributed by atoms with Gasteiger partial charge in [-0.25, -0.2) is 4.57 Å². The molecule has 0 unspecified atom stereocenters. The van der Waals surface area contributed by atoms with E-state index in [1.54, 1.807) is 0 Å². The first-order chi connectivity index (χ1) is 16.3. The average molecular weight is 524 g/mol. The van der Waals surface area contributed by atoms with Gasteiger partial charge in [-0.3, -0.25) is 14.5 Å². The first-order valence-electron chi connectivity index (χ1n) is 13.2. The number of para-hydroxylation sites is 1. The van der Waals surface area contributed by atoms with Gasteiger partial charge in [-0.05, 0) is 98.4 Å². The van der Waals surface area contributed by atoms with Crippen molar-refractivity contribution >= 4 is 30.8 Å². The van der Waals surface area contributed by atoms with Crippen LogP contribution in [0.2, 0.25) is 0 Å². The molecule has 0 amide bonds. The lowest BCUT2D eigenvalue weighted by Gasteiger charge is -2.39. The molecule has 3 N–H and O–H groups in total. The number of benzene rings is 1. The second-order valence-electron chi connectivity index (χ2n) is 12.4. The molecular weight excluding hydrogens is 477 g/mol. The Morgan fingerprint density at radius 1 is 0.800 bits per heavy atom. The van der Waals surface area contributed by atoms with Crippen molar-refractivity contribution in [3.63, 3.8) is 0 Å². The summed E-state index contributed by atoms with van der Waals surface area (Å²) >= 11 is 5.41. The summed E-state index contributed by atoms with van der Waals surface area (Å²) in [6, 6.07) is 9.64. The number of hydrogen-bond acceptors (Lipinski definition) is 4. The van der Waals surface area contributed by atoms with Crippen molar-refractivity contribution in [1.82, 2.24) is 10.6 Å². The van der Waals surface area contributed by atoms with E-state index in [0.29, 0.717) is 16.9 Å². The highest BCUT2D eigenvalue weighted by Crippen LogP contribution is 2.51. The van der Waals surface area contributed by atoms with Gasteiger partial charge in [0.25, 0.3) is 0 Å². The zero-order valence-corrected chi connectivity index (χ0v) is 24.1. The molecule has 198 valence electrons. The largest absolute Gasteiger partial charge is 0.423 e. The molecule has 0 saturated heterocycles. The molecule has 0 radical (unpaired) electrons. The summed E-state index contributed by atoms with van der Waals surface area (Å²) in [5.41, 5.74) is 4.29. The molecule has 1 aromatic rings. The van der Waals surface area contributed by atoms with Crippen LogP contribution in [0.15, 0.2) is 30.3 Å². The van der Waals surface area contributed by atoms with Crippen LogP contribution in [0.4, 0.5) is 5.69 Å². The first kappa shape index (κ1) is 28.6. The second-order valence-corrected chi connectivity index (χ2v) is 14.5. The Morgan fingerprint density at radius 3 is 1.63 bits per heavy atom. The van der Waals surface area contributed by atoms with Gasteiger partial charge in [0.05, 0.1) is 12.2 Å². The summed E-state index contributed by atoms with van der Waals surface area (Å²) in [7, 11) is -3.62. The van der Waals surface area contributed by atoms with Crippen LogP contribution in [0.25, 0.3) is 0 Å². The summed E-state index contributed by atoms with van der Waals surface area (Å²) < 4.78 is 26.4. The molecule has 0 spiro atoms. The van der Waals surface area contributed by atoms with Gasteiger partial charge in [0.2, 0.25) is 0 Å². The van der Waals surface area contributed by atoms with E-state index in [1.165, 1.54) is 0 Å². The lowest BCUT2D eigenvalue weighted by atomic mass is 9.72. The van der Waals surface area contributed by atoms with Gasteiger partial charge < -0.3 is 5.32 Å². The third kappa shape index (κ3) is 9.12. The van der Waals surface area contributed by atoms with E-state index in [0.717, 1.165) is 57.1 Å². The van der Waals surface area contributed by atoms with Crippen LogP contribution in [0.3, 0.4) is 0 Å². The van der Waals surface area contributed by atoms with Crippen LogP contribution in [-0.4, -0.2) is 17.3 Å². The molecule has 6 nitrogen and oxygen atoms in total. The van der Waals surface area contributed by atoms with Gasteiger partial charge in [0.15, 0.2) is 5.11 Å². The van der Waals surface area contributed by atoms with Crippen LogP contribution in [0.5, 0.6) is 0 Å². The Bertz CT molecular complexity index is 813. The van der Waals surface area contributed by atoms with Gasteiger partial charge in [-0.15, -0.1) is 5.20 Å². The van der Waals surface area contributed by atoms with Gasteiger partial charge in [-0.1, -0.05) is 59.7 Å². The fourth-order valence-corrected chi connectivity index (χ4v) is 7.20. The minimum Gasteiger partial charge on any atom is -0.332 e. The molecule has 0 atom stereocenters. The number of hydrogen-bond donors (Lipinski definition) is 3. The maximum absolute atomic E-state index is 14.0. The fourth-order valence-electron chi connectivity index (χ4n) is 5.34. The van der Waals surface area contributed by atoms with Crippen LogP contribution in [0.1, 0.15) is 92.9 Å². The quantitative estimate of drug-likeness (QED) is 0.191. The molecule has 3 rings (SSSR count). The van der Waals surface area contributed by atoms with Crippen molar-refractivity contribution in [2.45, 2.75) is 105 Å². The van der Waals surface area contributed by atoms with Crippen LogP contribution in [-0.2, 0) is 13.6 Å². The van der Waals surface area contributed by atoms with Crippen LogP contribution in [0, 0.1) is 22.7 Å². The molecule has 2 aliphatic carbocycles.